The van der Waals surface area contributed by atoms with Crippen LogP contribution in [-0.4, -0.2) is 46.1 Å². The van der Waals surface area contributed by atoms with Crippen LogP contribution in [0.3, 0.4) is 0 Å². The minimum Gasteiger partial charge on any atom is -0.494 e. The number of hydrogen-bond donors (Lipinski definition) is 4. The molecule has 4 N–H and O–H groups in total. The van der Waals surface area contributed by atoms with Crippen molar-refractivity contribution in [2.75, 3.05) is 6.26 Å². The monoisotopic (exact) mass is 501 g/mol. The lowest BCUT2D eigenvalue weighted by atomic mass is 9.69. The number of aliphatic hydroxyl groups is 1. The number of nitrogens with zero attached hydrogens (tertiary/aromatic N) is 2. The Bertz CT molecular complexity index is 1410. The van der Waals surface area contributed by atoms with E-state index in [9.17, 15) is 41.7 Å². The molecule has 4 rings (SSSR count). The number of rotatable bonds is 3. The van der Waals surface area contributed by atoms with Crippen molar-refractivity contribution >= 4 is 15.9 Å². The second kappa shape index (κ2) is 6.65. The van der Waals surface area contributed by atoms with Gasteiger partial charge in [-0.3, -0.25) is 14.1 Å². The molecule has 1 amide bonds. The molecule has 34 heavy (non-hydrogen) atoms. The van der Waals surface area contributed by atoms with Gasteiger partial charge in [-0.25, -0.2) is 8.42 Å². The molecular weight excluding hydrogens is 483 g/mol. The number of benzene rings is 1. The van der Waals surface area contributed by atoms with E-state index in [0.29, 0.717) is 16.9 Å². The van der Waals surface area contributed by atoms with E-state index in [1.165, 1.54) is 19.9 Å². The number of fused-ring (bicyclic) bond motifs is 5. The molecule has 2 unspecified atom stereocenters. The molecule has 0 saturated carbocycles. The van der Waals surface area contributed by atoms with Gasteiger partial charge < -0.3 is 20.1 Å². The predicted octanol–water partition coefficient (Wildman–Crippen LogP) is 1.45. The second-order valence-electron chi connectivity index (χ2n) is 8.68. The Hall–Kier alpha value is -3.28. The standard InChI is InChI=1S/C20H18F3N3O7S/c1-17-8-19(30,16(29)25-34(3,31)32)18(2,33-17)13-12(17)14(27)26(15(13)28)10-5-4-9(7-24)11(6-10)20(21,22)23/h4-6,27-28,30H,8H2,1-3H3,(H,25,29)/t17?,18?,19-/m1/s1. The van der Waals surface area contributed by atoms with Gasteiger partial charge >= 0.3 is 6.18 Å². The summed E-state index contributed by atoms with van der Waals surface area (Å²) in [5, 5.41) is 42.1. The Morgan fingerprint density at radius 1 is 1.24 bits per heavy atom. The summed E-state index contributed by atoms with van der Waals surface area (Å²) in [5.41, 5.74) is -8.91. The molecule has 0 spiro atoms. The molecule has 1 saturated heterocycles. The average molecular weight is 501 g/mol. The number of sulfonamides is 1. The highest BCUT2D eigenvalue weighted by atomic mass is 32.2. The van der Waals surface area contributed by atoms with E-state index >= 15 is 0 Å². The number of alkyl halides is 3. The van der Waals surface area contributed by atoms with Gasteiger partial charge in [0.15, 0.2) is 5.60 Å². The molecule has 0 aliphatic carbocycles. The van der Waals surface area contributed by atoms with Crippen LogP contribution >= 0.6 is 0 Å². The highest BCUT2D eigenvalue weighted by Crippen LogP contribution is 2.67. The lowest BCUT2D eigenvalue weighted by molar-refractivity contribution is -0.162. The first kappa shape index (κ1) is 23.9. The quantitative estimate of drug-likeness (QED) is 0.491. The first-order chi connectivity index (χ1) is 15.4. The third-order valence-corrected chi connectivity index (χ3v) is 6.84. The molecule has 2 aliphatic rings. The van der Waals surface area contributed by atoms with Crippen LogP contribution in [0.1, 0.15) is 42.5 Å². The van der Waals surface area contributed by atoms with Crippen LogP contribution < -0.4 is 4.72 Å². The molecule has 0 radical (unpaired) electrons. The Morgan fingerprint density at radius 3 is 2.35 bits per heavy atom. The summed E-state index contributed by atoms with van der Waals surface area (Å²) < 4.78 is 71.6. The van der Waals surface area contributed by atoms with Gasteiger partial charge in [0.05, 0.1) is 40.3 Å². The summed E-state index contributed by atoms with van der Waals surface area (Å²) in [4.78, 5) is 12.7. The molecule has 3 heterocycles. The Balaban J connectivity index is 1.94. The minimum absolute atomic E-state index is 0.0813. The van der Waals surface area contributed by atoms with Gasteiger partial charge in [-0.05, 0) is 32.0 Å². The van der Waals surface area contributed by atoms with Crippen molar-refractivity contribution in [3.63, 3.8) is 0 Å². The van der Waals surface area contributed by atoms with Gasteiger partial charge in [-0.2, -0.15) is 18.4 Å². The first-order valence-electron chi connectivity index (χ1n) is 9.64. The SMILES string of the molecule is CC12C[C@@](O)(C(=O)NS(C)(=O)=O)C(C)(O1)c1c2c(O)n(-c2ccc(C#N)c(C(F)(F)F)c2)c1O. The summed E-state index contributed by atoms with van der Waals surface area (Å²) >= 11 is 0. The van der Waals surface area contributed by atoms with Crippen molar-refractivity contribution in [1.82, 2.24) is 9.29 Å². The van der Waals surface area contributed by atoms with E-state index in [0.717, 1.165) is 12.1 Å². The van der Waals surface area contributed by atoms with Gasteiger partial charge in [0.2, 0.25) is 21.8 Å². The smallest absolute Gasteiger partial charge is 0.417 e. The highest BCUT2D eigenvalue weighted by Gasteiger charge is 2.74. The van der Waals surface area contributed by atoms with E-state index in [2.05, 4.69) is 0 Å². The van der Waals surface area contributed by atoms with Crippen LogP contribution in [0.25, 0.3) is 5.69 Å². The Morgan fingerprint density at radius 2 is 1.82 bits per heavy atom. The maximum atomic E-state index is 13.4. The molecule has 3 atom stereocenters. The van der Waals surface area contributed by atoms with Crippen molar-refractivity contribution in [3.8, 4) is 23.5 Å². The van der Waals surface area contributed by atoms with Crippen molar-refractivity contribution in [1.29, 1.82) is 5.26 Å². The number of halogens is 3. The molecule has 2 aliphatic heterocycles. The van der Waals surface area contributed by atoms with E-state index in [1.807, 2.05) is 0 Å². The van der Waals surface area contributed by atoms with Crippen molar-refractivity contribution < 1.29 is 46.4 Å². The number of nitrogens with one attached hydrogen (secondary N) is 1. The van der Waals surface area contributed by atoms with Gasteiger partial charge in [0, 0.05) is 6.42 Å². The topological polar surface area (TPSA) is 162 Å². The minimum atomic E-state index is -4.91. The van der Waals surface area contributed by atoms with Crippen LogP contribution in [0.2, 0.25) is 0 Å². The highest BCUT2D eigenvalue weighted by molar-refractivity contribution is 7.89. The number of ether oxygens (including phenoxy) is 1. The van der Waals surface area contributed by atoms with E-state index in [-0.39, 0.29) is 16.8 Å². The fourth-order valence-corrected chi connectivity index (χ4v) is 5.43. The van der Waals surface area contributed by atoms with Gasteiger partial charge in [-0.1, -0.05) is 0 Å². The number of aromatic hydroxyl groups is 2. The van der Waals surface area contributed by atoms with Crippen LogP contribution in [0.4, 0.5) is 13.2 Å². The van der Waals surface area contributed by atoms with E-state index in [1.54, 1.807) is 4.72 Å². The lowest BCUT2D eigenvalue weighted by Crippen LogP contribution is -2.58. The number of carbonyl (C=O) groups excluding carboxylic acids is 1. The molecule has 14 heteroatoms. The average Bonchev–Trinajstić information content (AvgIpc) is 3.18. The number of nitriles is 1. The maximum Gasteiger partial charge on any atom is 0.417 e. The third-order valence-electron chi connectivity index (χ3n) is 6.28. The number of carbonyl (C=O) groups is 1. The molecule has 182 valence electrons. The number of hydrogen-bond acceptors (Lipinski definition) is 8. The molecule has 2 aromatic rings. The summed E-state index contributed by atoms with van der Waals surface area (Å²) in [6.07, 6.45) is -4.74. The number of amides is 1. The van der Waals surface area contributed by atoms with Gasteiger partial charge in [0.1, 0.15) is 11.2 Å². The summed E-state index contributed by atoms with van der Waals surface area (Å²) in [5.74, 6) is -2.87. The zero-order valence-electron chi connectivity index (χ0n) is 17.9. The van der Waals surface area contributed by atoms with Crippen molar-refractivity contribution in [2.45, 2.75) is 43.2 Å². The van der Waals surface area contributed by atoms with E-state index in [4.69, 9.17) is 10.00 Å². The zero-order valence-corrected chi connectivity index (χ0v) is 18.7. The van der Waals surface area contributed by atoms with Crippen LogP contribution in [-0.2, 0) is 36.9 Å². The fourth-order valence-electron chi connectivity index (χ4n) is 4.92. The third kappa shape index (κ3) is 3.00. The largest absolute Gasteiger partial charge is 0.494 e. The molecular formula is C20H18F3N3O7S. The Labute approximate surface area is 190 Å². The van der Waals surface area contributed by atoms with Crippen LogP contribution in [0, 0.1) is 11.3 Å². The normalized spacial score (nSPS) is 27.9. The Kier molecular flexibility index (Phi) is 4.67. The molecule has 1 aromatic carbocycles. The van der Waals surface area contributed by atoms with Crippen molar-refractivity contribution in [3.05, 3.63) is 40.5 Å². The summed E-state index contributed by atoms with van der Waals surface area (Å²) in [7, 11) is -4.09. The molecule has 10 nitrogen and oxygen atoms in total. The molecule has 2 bridgehead atoms. The van der Waals surface area contributed by atoms with Gasteiger partial charge in [0.25, 0.3) is 5.91 Å². The zero-order chi connectivity index (χ0) is 25.6. The number of aromatic nitrogens is 1. The first-order valence-corrected chi connectivity index (χ1v) is 11.5. The molecule has 1 fully saturated rings. The van der Waals surface area contributed by atoms with Crippen LogP contribution in [0.15, 0.2) is 18.2 Å². The summed E-state index contributed by atoms with van der Waals surface area (Å²) in [6.45, 7) is 2.56. The maximum absolute atomic E-state index is 13.4. The predicted molar refractivity (Wildman–Crippen MR) is 107 cm³/mol. The molecule has 1 aromatic heterocycles. The summed E-state index contributed by atoms with van der Waals surface area (Å²) in [6, 6.07) is 3.92. The fraction of sp³-hybridized carbons (Fsp3) is 0.400. The van der Waals surface area contributed by atoms with E-state index < -0.39 is 68.2 Å². The van der Waals surface area contributed by atoms with Gasteiger partial charge in [-0.15, -0.1) is 0 Å². The second-order valence-corrected chi connectivity index (χ2v) is 10.4. The van der Waals surface area contributed by atoms with Crippen LogP contribution in [0.5, 0.6) is 11.8 Å². The lowest BCUT2D eigenvalue weighted by Gasteiger charge is -2.36. The van der Waals surface area contributed by atoms with Crippen molar-refractivity contribution in [2.24, 2.45) is 0 Å².